The predicted molar refractivity (Wildman–Crippen MR) is 124 cm³/mol. The number of nitrogens with zero attached hydrogens (tertiary/aromatic N) is 1. The third-order valence-electron chi connectivity index (χ3n) is 4.74. The summed E-state index contributed by atoms with van der Waals surface area (Å²) < 4.78 is 33.0. The summed E-state index contributed by atoms with van der Waals surface area (Å²) in [5.74, 6) is -0.269. The van der Waals surface area contributed by atoms with Gasteiger partial charge in [0.2, 0.25) is 10.0 Å². The molecule has 7 nitrogen and oxygen atoms in total. The number of hydrogen-bond donors (Lipinski definition) is 2. The summed E-state index contributed by atoms with van der Waals surface area (Å²) in [5.41, 5.74) is 1.65. The lowest BCUT2D eigenvalue weighted by atomic mass is 10.1. The van der Waals surface area contributed by atoms with Gasteiger partial charge in [-0.15, -0.1) is 11.3 Å². The quantitative estimate of drug-likeness (QED) is 0.423. The number of rotatable bonds is 11. The lowest BCUT2D eigenvalue weighted by Crippen LogP contribution is -2.26. The van der Waals surface area contributed by atoms with E-state index in [0.29, 0.717) is 48.3 Å². The van der Waals surface area contributed by atoms with Crippen LogP contribution in [0.4, 0.5) is 0 Å². The molecule has 0 bridgehead atoms. The highest BCUT2D eigenvalue weighted by molar-refractivity contribution is 7.89. The van der Waals surface area contributed by atoms with Crippen LogP contribution in [0, 0.1) is 0 Å². The van der Waals surface area contributed by atoms with Crippen molar-refractivity contribution in [2.75, 3.05) is 26.8 Å². The molecule has 31 heavy (non-hydrogen) atoms. The van der Waals surface area contributed by atoms with Gasteiger partial charge in [0.25, 0.3) is 5.91 Å². The third kappa shape index (κ3) is 5.88. The van der Waals surface area contributed by atoms with Crippen molar-refractivity contribution in [3.05, 3.63) is 47.3 Å². The van der Waals surface area contributed by atoms with Crippen LogP contribution in [-0.2, 0) is 14.8 Å². The van der Waals surface area contributed by atoms with Crippen LogP contribution in [0.25, 0.3) is 21.5 Å². The molecule has 0 aliphatic rings. The van der Waals surface area contributed by atoms with Crippen molar-refractivity contribution in [3.63, 3.8) is 0 Å². The number of hydrogen-bond acceptors (Lipinski definition) is 6. The van der Waals surface area contributed by atoms with Gasteiger partial charge in [0.15, 0.2) is 0 Å². The molecule has 0 radical (unpaired) electrons. The van der Waals surface area contributed by atoms with E-state index in [4.69, 9.17) is 4.74 Å². The molecule has 0 unspecified atom stereocenters. The number of thiophene rings is 1. The smallest absolute Gasteiger partial charge is 0.252 e. The van der Waals surface area contributed by atoms with Gasteiger partial charge >= 0.3 is 0 Å². The number of pyridine rings is 1. The molecule has 0 fully saturated rings. The van der Waals surface area contributed by atoms with Gasteiger partial charge in [0.05, 0.1) is 26.5 Å². The van der Waals surface area contributed by atoms with Crippen molar-refractivity contribution in [1.29, 1.82) is 0 Å². The standard InChI is InChI=1S/C22H27N3O4S2/c1-3-4-11-24-31(27,28)16-8-9-19-17(14-16)18(22(26)23-10-6-12-29-2)15-20(25-19)21-7-5-13-30-21/h5,7-9,13-15,24H,3-4,6,10-12H2,1-2H3,(H,23,26). The fourth-order valence-electron chi connectivity index (χ4n) is 3.09. The summed E-state index contributed by atoms with van der Waals surface area (Å²) in [6.07, 6.45) is 2.33. The van der Waals surface area contributed by atoms with E-state index in [1.165, 1.54) is 23.5 Å². The van der Waals surface area contributed by atoms with E-state index in [1.807, 2.05) is 24.4 Å². The van der Waals surface area contributed by atoms with Crippen molar-refractivity contribution in [3.8, 4) is 10.6 Å². The van der Waals surface area contributed by atoms with Gasteiger partial charge in [-0.1, -0.05) is 19.4 Å². The van der Waals surface area contributed by atoms with Crippen LogP contribution in [0.5, 0.6) is 0 Å². The van der Waals surface area contributed by atoms with Gasteiger partial charge in [-0.2, -0.15) is 0 Å². The van der Waals surface area contributed by atoms with Crippen molar-refractivity contribution in [2.24, 2.45) is 0 Å². The van der Waals surface area contributed by atoms with E-state index >= 15 is 0 Å². The number of methoxy groups -OCH3 is 1. The number of benzene rings is 1. The number of sulfonamides is 1. The van der Waals surface area contributed by atoms with Gasteiger partial charge in [-0.3, -0.25) is 4.79 Å². The number of fused-ring (bicyclic) bond motifs is 1. The fraction of sp³-hybridized carbons (Fsp3) is 0.364. The molecule has 0 spiro atoms. The third-order valence-corrected chi connectivity index (χ3v) is 7.09. The first-order valence-corrected chi connectivity index (χ1v) is 12.6. The Bertz CT molecular complexity index is 1130. The largest absolute Gasteiger partial charge is 0.385 e. The molecule has 0 atom stereocenters. The monoisotopic (exact) mass is 461 g/mol. The summed E-state index contributed by atoms with van der Waals surface area (Å²) in [5, 5.41) is 5.34. The molecule has 166 valence electrons. The van der Waals surface area contributed by atoms with E-state index in [1.54, 1.807) is 19.2 Å². The van der Waals surface area contributed by atoms with Gasteiger partial charge in [-0.05, 0) is 48.6 Å². The zero-order chi connectivity index (χ0) is 22.3. The van der Waals surface area contributed by atoms with Crippen LogP contribution in [0.2, 0.25) is 0 Å². The Morgan fingerprint density at radius 1 is 1.16 bits per heavy atom. The van der Waals surface area contributed by atoms with E-state index in [0.717, 1.165) is 17.7 Å². The molecule has 0 saturated carbocycles. The van der Waals surface area contributed by atoms with Crippen molar-refractivity contribution < 1.29 is 17.9 Å². The van der Waals surface area contributed by atoms with Crippen LogP contribution >= 0.6 is 11.3 Å². The predicted octanol–water partition coefficient (Wildman–Crippen LogP) is 3.81. The van der Waals surface area contributed by atoms with Crippen molar-refractivity contribution in [1.82, 2.24) is 15.0 Å². The molecule has 1 aromatic carbocycles. The second kappa shape index (κ2) is 10.8. The zero-order valence-electron chi connectivity index (χ0n) is 17.7. The molecule has 0 saturated heterocycles. The zero-order valence-corrected chi connectivity index (χ0v) is 19.3. The molecule has 0 aliphatic heterocycles. The number of unbranched alkanes of at least 4 members (excludes halogenated alkanes) is 1. The number of carbonyl (C=O) groups is 1. The normalized spacial score (nSPS) is 11.7. The molecule has 2 aromatic heterocycles. The molecular formula is C22H27N3O4S2. The minimum atomic E-state index is -3.67. The Labute approximate surface area is 186 Å². The van der Waals surface area contributed by atoms with Crippen molar-refractivity contribution >= 4 is 38.2 Å². The van der Waals surface area contributed by atoms with E-state index < -0.39 is 10.0 Å². The van der Waals surface area contributed by atoms with Crippen LogP contribution in [0.15, 0.2) is 46.7 Å². The number of aromatic nitrogens is 1. The second-order valence-electron chi connectivity index (χ2n) is 7.06. The Balaban J connectivity index is 2.02. The minimum Gasteiger partial charge on any atom is -0.385 e. The van der Waals surface area contributed by atoms with Gasteiger partial charge in [0.1, 0.15) is 0 Å². The SMILES string of the molecule is CCCCNS(=O)(=O)c1ccc2nc(-c3cccs3)cc(C(=O)NCCCOC)c2c1. The van der Waals surface area contributed by atoms with Gasteiger partial charge in [-0.25, -0.2) is 18.1 Å². The average molecular weight is 462 g/mol. The summed E-state index contributed by atoms with van der Waals surface area (Å²) >= 11 is 1.53. The Morgan fingerprint density at radius 3 is 2.71 bits per heavy atom. The molecule has 0 aliphatic carbocycles. The van der Waals surface area contributed by atoms with E-state index in [9.17, 15) is 13.2 Å². The van der Waals surface area contributed by atoms with Gasteiger partial charge < -0.3 is 10.1 Å². The molecule has 3 aromatic rings. The summed E-state index contributed by atoms with van der Waals surface area (Å²) in [6.45, 7) is 3.38. The topological polar surface area (TPSA) is 97.4 Å². The van der Waals surface area contributed by atoms with E-state index in [2.05, 4.69) is 15.0 Å². The summed E-state index contributed by atoms with van der Waals surface area (Å²) in [4.78, 5) is 18.7. The lowest BCUT2D eigenvalue weighted by Gasteiger charge is -2.12. The molecule has 1 amide bonds. The highest BCUT2D eigenvalue weighted by Gasteiger charge is 2.19. The van der Waals surface area contributed by atoms with Crippen molar-refractivity contribution in [2.45, 2.75) is 31.1 Å². The Hall–Kier alpha value is -2.33. The first-order chi connectivity index (χ1) is 15.0. The second-order valence-corrected chi connectivity index (χ2v) is 9.78. The van der Waals surface area contributed by atoms with Crippen LogP contribution in [-0.4, -0.2) is 46.1 Å². The Kier molecular flexibility index (Phi) is 8.14. The molecule has 9 heteroatoms. The number of carbonyl (C=O) groups excluding carboxylic acids is 1. The summed E-state index contributed by atoms with van der Waals surface area (Å²) in [7, 11) is -2.05. The lowest BCUT2D eigenvalue weighted by molar-refractivity contribution is 0.0950. The fourth-order valence-corrected chi connectivity index (χ4v) is 4.88. The average Bonchev–Trinajstić information content (AvgIpc) is 3.30. The summed E-state index contributed by atoms with van der Waals surface area (Å²) in [6, 6.07) is 10.3. The van der Waals surface area contributed by atoms with Gasteiger partial charge in [0, 0.05) is 32.2 Å². The van der Waals surface area contributed by atoms with Crippen LogP contribution in [0.3, 0.4) is 0 Å². The first-order valence-electron chi connectivity index (χ1n) is 10.2. The molecule has 2 heterocycles. The number of nitrogens with one attached hydrogen (secondary N) is 2. The molecular weight excluding hydrogens is 434 g/mol. The number of amides is 1. The van der Waals surface area contributed by atoms with Crippen LogP contribution in [0.1, 0.15) is 36.5 Å². The number of ether oxygens (including phenoxy) is 1. The maximum Gasteiger partial charge on any atom is 0.252 e. The maximum atomic E-state index is 13.0. The molecule has 2 N–H and O–H groups in total. The Morgan fingerprint density at radius 2 is 2.00 bits per heavy atom. The first kappa shape index (κ1) is 23.3. The maximum absolute atomic E-state index is 13.0. The molecule has 3 rings (SSSR count). The minimum absolute atomic E-state index is 0.121. The highest BCUT2D eigenvalue weighted by atomic mass is 32.2. The van der Waals surface area contributed by atoms with Crippen LogP contribution < -0.4 is 10.0 Å². The van der Waals surface area contributed by atoms with E-state index in [-0.39, 0.29) is 10.8 Å². The highest BCUT2D eigenvalue weighted by Crippen LogP contribution is 2.29.